The number of carbonyl (C=O) groups excluding carboxylic acids is 1. The molecule has 3 aliphatic rings. The molecule has 1 N–H and O–H groups in total. The van der Waals surface area contributed by atoms with Crippen molar-refractivity contribution in [1.29, 1.82) is 0 Å². The maximum atomic E-state index is 16.5. The summed E-state index contributed by atoms with van der Waals surface area (Å²) in [7, 11) is 0. The predicted molar refractivity (Wildman–Crippen MR) is 163 cm³/mol. The van der Waals surface area contributed by atoms with Gasteiger partial charge in [-0.05, 0) is 43.3 Å². The number of pyridine rings is 1. The van der Waals surface area contributed by atoms with Crippen LogP contribution in [-0.4, -0.2) is 81.2 Å². The van der Waals surface area contributed by atoms with Crippen molar-refractivity contribution in [2.24, 2.45) is 0 Å². The lowest BCUT2D eigenvalue weighted by Crippen LogP contribution is -2.43. The second-order valence-electron chi connectivity index (χ2n) is 11.7. The minimum Gasteiger partial charge on any atom is -0.461 e. The number of benzene rings is 2. The molecule has 0 unspecified atom stereocenters. The summed E-state index contributed by atoms with van der Waals surface area (Å²) in [6, 6.07) is 10.9. The molecule has 7 rings (SSSR count). The summed E-state index contributed by atoms with van der Waals surface area (Å²) in [5, 5.41) is 5.82. The number of hydrogen-bond donors (Lipinski definition) is 1. The minimum absolute atomic E-state index is 0.00237. The number of likely N-dealkylation sites (tertiary alicyclic amines) is 1. The van der Waals surface area contributed by atoms with E-state index in [1.165, 1.54) is 6.08 Å². The van der Waals surface area contributed by atoms with Gasteiger partial charge in [-0.3, -0.25) is 14.7 Å². The third-order valence-electron chi connectivity index (χ3n) is 9.02. The van der Waals surface area contributed by atoms with Crippen LogP contribution in [0.4, 0.5) is 14.6 Å². The predicted octanol–water partition coefficient (Wildman–Crippen LogP) is 5.79. The number of anilines is 1. The smallest absolute Gasteiger partial charge is 0.319 e. The molecule has 43 heavy (non-hydrogen) atoms. The molecular weight excluding hydrogens is 574 g/mol. The number of ether oxygens (including phenoxy) is 1. The molecule has 11 heteroatoms. The lowest BCUT2D eigenvalue weighted by Gasteiger charge is -2.30. The maximum Gasteiger partial charge on any atom is 0.319 e. The van der Waals surface area contributed by atoms with Gasteiger partial charge in [0.1, 0.15) is 29.8 Å². The lowest BCUT2D eigenvalue weighted by molar-refractivity contribution is -0.125. The largest absolute Gasteiger partial charge is 0.461 e. The van der Waals surface area contributed by atoms with Gasteiger partial charge in [0.15, 0.2) is 5.82 Å². The highest BCUT2D eigenvalue weighted by Gasteiger charge is 2.49. The molecule has 1 amide bonds. The fourth-order valence-corrected chi connectivity index (χ4v) is 7.22. The summed E-state index contributed by atoms with van der Waals surface area (Å²) in [5.74, 6) is -0.405. The number of fused-ring (bicyclic) bond motifs is 3. The van der Waals surface area contributed by atoms with E-state index in [-0.39, 0.29) is 35.8 Å². The van der Waals surface area contributed by atoms with Crippen molar-refractivity contribution in [2.75, 3.05) is 38.1 Å². The summed E-state index contributed by atoms with van der Waals surface area (Å²) >= 11 is 6.56. The SMILES string of the molecule is C=CC(=O)N1CC[C@H](Nc2nc(OC[C@@]34CCCN3C[C@H](F)C4)nc3c(F)c(-c4cccc5cccc(Cl)c45)ncc23)C1. The van der Waals surface area contributed by atoms with Crippen LogP contribution in [0.1, 0.15) is 25.7 Å². The minimum atomic E-state index is -0.902. The molecule has 0 saturated carbocycles. The quantitative estimate of drug-likeness (QED) is 0.267. The van der Waals surface area contributed by atoms with Gasteiger partial charge in [-0.1, -0.05) is 48.5 Å². The van der Waals surface area contributed by atoms with Gasteiger partial charge in [-0.2, -0.15) is 9.97 Å². The molecule has 8 nitrogen and oxygen atoms in total. The molecule has 3 atom stereocenters. The lowest BCUT2D eigenvalue weighted by atomic mass is 9.95. The Bertz CT molecular complexity index is 1750. The number of aromatic nitrogens is 3. The topological polar surface area (TPSA) is 83.5 Å². The molecule has 3 saturated heterocycles. The number of amides is 1. The second-order valence-corrected chi connectivity index (χ2v) is 12.1. The third-order valence-corrected chi connectivity index (χ3v) is 9.33. The molecule has 2 aromatic carbocycles. The molecule has 0 spiro atoms. The Kier molecular flexibility index (Phi) is 7.13. The molecule has 2 aromatic heterocycles. The van der Waals surface area contributed by atoms with Crippen molar-refractivity contribution in [3.05, 3.63) is 66.1 Å². The van der Waals surface area contributed by atoms with Gasteiger partial charge >= 0.3 is 6.01 Å². The molecule has 0 radical (unpaired) electrons. The number of halogens is 3. The Morgan fingerprint density at radius 2 is 2.05 bits per heavy atom. The first-order valence-electron chi connectivity index (χ1n) is 14.6. The molecule has 3 fully saturated rings. The van der Waals surface area contributed by atoms with E-state index in [1.807, 2.05) is 24.3 Å². The first-order chi connectivity index (χ1) is 20.8. The van der Waals surface area contributed by atoms with Crippen LogP contribution in [0, 0.1) is 5.82 Å². The van der Waals surface area contributed by atoms with E-state index in [9.17, 15) is 9.18 Å². The van der Waals surface area contributed by atoms with Gasteiger partial charge in [0.2, 0.25) is 5.91 Å². The van der Waals surface area contributed by atoms with E-state index >= 15 is 4.39 Å². The monoisotopic (exact) mass is 604 g/mol. The van der Waals surface area contributed by atoms with Gasteiger partial charge in [0.05, 0.1) is 10.9 Å². The fourth-order valence-electron chi connectivity index (χ4n) is 6.94. The average molecular weight is 605 g/mol. The van der Waals surface area contributed by atoms with E-state index in [4.69, 9.17) is 16.3 Å². The van der Waals surface area contributed by atoms with Crippen molar-refractivity contribution < 1.29 is 18.3 Å². The number of nitrogens with zero attached hydrogens (tertiary/aromatic N) is 5. The van der Waals surface area contributed by atoms with E-state index in [0.29, 0.717) is 59.7 Å². The Morgan fingerprint density at radius 3 is 2.88 bits per heavy atom. The Labute approximate surface area is 252 Å². The van der Waals surface area contributed by atoms with Crippen LogP contribution >= 0.6 is 11.6 Å². The summed E-state index contributed by atoms with van der Waals surface area (Å²) in [4.78, 5) is 29.7. The normalized spacial score (nSPS) is 23.7. The maximum absolute atomic E-state index is 16.5. The van der Waals surface area contributed by atoms with Crippen LogP contribution < -0.4 is 10.1 Å². The summed E-state index contributed by atoms with van der Waals surface area (Å²) in [6.07, 6.45) is 4.82. The van der Waals surface area contributed by atoms with Crippen LogP contribution in [0.15, 0.2) is 55.3 Å². The van der Waals surface area contributed by atoms with E-state index < -0.39 is 17.5 Å². The molecule has 4 aromatic rings. The van der Waals surface area contributed by atoms with Gasteiger partial charge in [-0.25, -0.2) is 8.78 Å². The van der Waals surface area contributed by atoms with E-state index in [1.54, 1.807) is 23.2 Å². The van der Waals surface area contributed by atoms with Crippen molar-refractivity contribution in [2.45, 2.75) is 43.4 Å². The van der Waals surface area contributed by atoms with Crippen molar-refractivity contribution in [3.63, 3.8) is 0 Å². The third kappa shape index (κ3) is 4.96. The Balaban J connectivity index is 1.29. The standard InChI is InChI=1S/C32H31ClF2N6O2/c1-2-25(42)40-13-10-21(17-40)37-30-23-15-36-28(22-8-3-6-19-7-4-9-24(33)26(19)22)27(35)29(23)38-31(39-30)43-18-32-11-5-12-41(32)16-20(34)14-32/h2-4,6-9,15,20-21H,1,5,10-14,16-18H2,(H,37,38,39)/t20-,21+,32+/m1/s1. The van der Waals surface area contributed by atoms with Crippen LogP contribution in [0.5, 0.6) is 6.01 Å². The highest BCUT2D eigenvalue weighted by atomic mass is 35.5. The summed E-state index contributed by atoms with van der Waals surface area (Å²) < 4.78 is 37.1. The van der Waals surface area contributed by atoms with Crippen LogP contribution in [0.25, 0.3) is 32.9 Å². The van der Waals surface area contributed by atoms with Gasteiger partial charge < -0.3 is 15.0 Å². The summed E-state index contributed by atoms with van der Waals surface area (Å²) in [6.45, 7) is 6.03. The number of carbonyl (C=O) groups is 1. The molecule has 3 aliphatic heterocycles. The van der Waals surface area contributed by atoms with Crippen molar-refractivity contribution in [1.82, 2.24) is 24.8 Å². The fraction of sp³-hybridized carbons (Fsp3) is 0.375. The van der Waals surface area contributed by atoms with E-state index in [2.05, 4.69) is 31.7 Å². The average Bonchev–Trinajstić information content (AvgIpc) is 3.70. The zero-order chi connectivity index (χ0) is 29.7. The molecule has 0 aliphatic carbocycles. The van der Waals surface area contributed by atoms with Crippen LogP contribution in [-0.2, 0) is 4.79 Å². The number of alkyl halides is 1. The first-order valence-corrected chi connectivity index (χ1v) is 15.0. The van der Waals surface area contributed by atoms with E-state index in [0.717, 1.165) is 24.8 Å². The zero-order valence-electron chi connectivity index (χ0n) is 23.5. The van der Waals surface area contributed by atoms with Crippen LogP contribution in [0.2, 0.25) is 5.02 Å². The van der Waals surface area contributed by atoms with Crippen LogP contribution in [0.3, 0.4) is 0 Å². The highest BCUT2D eigenvalue weighted by molar-refractivity contribution is 6.36. The second kappa shape index (κ2) is 11.0. The molecule has 0 bridgehead atoms. The zero-order valence-corrected chi connectivity index (χ0v) is 24.3. The summed E-state index contributed by atoms with van der Waals surface area (Å²) in [5.41, 5.74) is 0.299. The molecular formula is C32H31ClF2N6O2. The Hall–Kier alpha value is -3.89. The first kappa shape index (κ1) is 27.9. The van der Waals surface area contributed by atoms with Crippen molar-refractivity contribution >= 4 is 45.0 Å². The van der Waals surface area contributed by atoms with Gasteiger partial charge in [-0.15, -0.1) is 0 Å². The molecule has 222 valence electrons. The number of hydrogen-bond acceptors (Lipinski definition) is 7. The number of rotatable bonds is 7. The molecule has 5 heterocycles. The highest BCUT2D eigenvalue weighted by Crippen LogP contribution is 2.41. The van der Waals surface area contributed by atoms with Crippen molar-refractivity contribution in [3.8, 4) is 17.3 Å². The Morgan fingerprint density at radius 1 is 1.21 bits per heavy atom. The van der Waals surface area contributed by atoms with Gasteiger partial charge in [0.25, 0.3) is 0 Å². The van der Waals surface area contributed by atoms with Gasteiger partial charge in [0, 0.05) is 54.3 Å². The number of nitrogens with one attached hydrogen (secondary N) is 1.